The fourth-order valence-corrected chi connectivity index (χ4v) is 6.18. The Labute approximate surface area is 231 Å². The molecule has 2 aromatic carbocycles. The number of thiazole rings is 1. The van der Waals surface area contributed by atoms with Crippen LogP contribution < -0.4 is 15.5 Å². The number of morpholine rings is 1. The van der Waals surface area contributed by atoms with Crippen LogP contribution in [0, 0.1) is 0 Å². The average Bonchev–Trinajstić information content (AvgIpc) is 3.34. The van der Waals surface area contributed by atoms with Crippen molar-refractivity contribution in [2.45, 2.75) is 57.1 Å². The third-order valence-corrected chi connectivity index (χ3v) is 7.81. The summed E-state index contributed by atoms with van der Waals surface area (Å²) >= 11 is 1.31. The number of rotatable bonds is 7. The maximum atomic E-state index is 15.0. The van der Waals surface area contributed by atoms with Crippen molar-refractivity contribution in [1.29, 1.82) is 0 Å². The largest absolute Gasteiger partial charge is 0.390 e. The van der Waals surface area contributed by atoms with Gasteiger partial charge in [0.15, 0.2) is 5.13 Å². The summed E-state index contributed by atoms with van der Waals surface area (Å²) in [5, 5.41) is 17.6. The van der Waals surface area contributed by atoms with Gasteiger partial charge in [-0.1, -0.05) is 24.3 Å². The Morgan fingerprint density at radius 2 is 1.87 bits per heavy atom. The zero-order valence-electron chi connectivity index (χ0n) is 22.2. The van der Waals surface area contributed by atoms with Crippen LogP contribution in [0.2, 0.25) is 0 Å². The first-order chi connectivity index (χ1) is 18.5. The van der Waals surface area contributed by atoms with Crippen LogP contribution >= 0.6 is 11.3 Å². The zero-order chi connectivity index (χ0) is 27.8. The molecule has 0 radical (unpaired) electrons. The monoisotopic (exact) mass is 552 g/mol. The van der Waals surface area contributed by atoms with Crippen LogP contribution in [0.25, 0.3) is 11.3 Å². The summed E-state index contributed by atoms with van der Waals surface area (Å²) in [6.45, 7) is 7.12. The topological polar surface area (TPSA) is 104 Å². The Balaban J connectivity index is 1.16. The number of nitrogens with one attached hydrogen (secondary N) is 2. The molecule has 2 atom stereocenters. The SMILES string of the molecule is C[C@@H]1CN(c2cccc(-c3csc(NC(=O)CNC(=O)c4cccc(C5(F)CC(C)(O)C5)c4)n3)c2)C[C@H](C)O1. The molecule has 1 aromatic heterocycles. The maximum Gasteiger partial charge on any atom is 0.251 e. The summed E-state index contributed by atoms with van der Waals surface area (Å²) in [7, 11) is 0. The predicted molar refractivity (Wildman–Crippen MR) is 150 cm³/mol. The predicted octanol–water partition coefficient (Wildman–Crippen LogP) is 4.50. The van der Waals surface area contributed by atoms with Gasteiger partial charge >= 0.3 is 0 Å². The number of hydrogen-bond acceptors (Lipinski definition) is 7. The molecule has 5 rings (SSSR count). The van der Waals surface area contributed by atoms with Gasteiger partial charge in [0.25, 0.3) is 5.91 Å². The number of alkyl halides is 1. The van der Waals surface area contributed by atoms with Crippen LogP contribution in [0.4, 0.5) is 15.2 Å². The fraction of sp³-hybridized carbons (Fsp3) is 0.414. The minimum atomic E-state index is -1.65. The molecule has 1 saturated carbocycles. The maximum absolute atomic E-state index is 15.0. The Morgan fingerprint density at radius 1 is 1.15 bits per heavy atom. The van der Waals surface area contributed by atoms with E-state index in [1.165, 1.54) is 17.4 Å². The molecule has 8 nitrogen and oxygen atoms in total. The van der Waals surface area contributed by atoms with Crippen molar-refractivity contribution in [3.63, 3.8) is 0 Å². The number of anilines is 2. The molecule has 0 spiro atoms. The lowest BCUT2D eigenvalue weighted by Gasteiger charge is -2.46. The normalized spacial score (nSPS) is 26.5. The lowest BCUT2D eigenvalue weighted by atomic mass is 9.66. The molecule has 2 fully saturated rings. The molecule has 1 aliphatic heterocycles. The van der Waals surface area contributed by atoms with Gasteiger partial charge in [0.2, 0.25) is 5.91 Å². The minimum absolute atomic E-state index is 0.0147. The quantitative estimate of drug-likeness (QED) is 0.399. The van der Waals surface area contributed by atoms with Crippen LogP contribution in [0.3, 0.4) is 0 Å². The second-order valence-electron chi connectivity index (χ2n) is 10.9. The van der Waals surface area contributed by atoms with E-state index in [2.05, 4.69) is 46.5 Å². The summed E-state index contributed by atoms with van der Waals surface area (Å²) in [5.41, 5.74) is 0.709. The number of carbonyl (C=O) groups is 2. The van der Waals surface area contributed by atoms with Crippen molar-refractivity contribution < 1.29 is 23.8 Å². The van der Waals surface area contributed by atoms with Gasteiger partial charge in [0, 0.05) is 48.1 Å². The summed E-state index contributed by atoms with van der Waals surface area (Å²) < 4.78 is 20.9. The number of ether oxygens (including phenoxy) is 1. The molecule has 1 saturated heterocycles. The molecule has 0 bridgehead atoms. The van der Waals surface area contributed by atoms with Crippen molar-refractivity contribution >= 4 is 34.0 Å². The zero-order valence-corrected chi connectivity index (χ0v) is 23.1. The number of hydrogen-bond donors (Lipinski definition) is 3. The van der Waals surface area contributed by atoms with Crippen LogP contribution in [0.5, 0.6) is 0 Å². The highest BCUT2D eigenvalue weighted by Crippen LogP contribution is 2.51. The summed E-state index contributed by atoms with van der Waals surface area (Å²) in [6.07, 6.45) is 0.283. The molecule has 1 aliphatic carbocycles. The summed E-state index contributed by atoms with van der Waals surface area (Å²) in [4.78, 5) is 32.0. The summed E-state index contributed by atoms with van der Waals surface area (Å²) in [5.74, 6) is -0.896. The van der Waals surface area contributed by atoms with E-state index in [0.717, 1.165) is 30.0 Å². The first-order valence-corrected chi connectivity index (χ1v) is 13.9. The van der Waals surface area contributed by atoms with Crippen molar-refractivity contribution in [2.75, 3.05) is 29.9 Å². The van der Waals surface area contributed by atoms with E-state index >= 15 is 4.39 Å². The van der Waals surface area contributed by atoms with Crippen molar-refractivity contribution in [3.05, 3.63) is 65.0 Å². The lowest BCUT2D eigenvalue weighted by molar-refractivity contribution is -0.133. The molecule has 2 aliphatic rings. The molecular formula is C29H33FN4O4S. The van der Waals surface area contributed by atoms with E-state index < -0.39 is 23.1 Å². The van der Waals surface area contributed by atoms with Gasteiger partial charge in [-0.2, -0.15) is 0 Å². The van der Waals surface area contributed by atoms with Gasteiger partial charge < -0.3 is 25.4 Å². The highest BCUT2D eigenvalue weighted by Gasteiger charge is 2.53. The number of benzene rings is 2. The minimum Gasteiger partial charge on any atom is -0.390 e. The van der Waals surface area contributed by atoms with Gasteiger partial charge in [-0.15, -0.1) is 11.3 Å². The Hall–Kier alpha value is -3.34. The van der Waals surface area contributed by atoms with Crippen molar-refractivity contribution in [3.8, 4) is 11.3 Å². The number of aromatic nitrogens is 1. The van der Waals surface area contributed by atoms with Crippen LogP contribution in [-0.2, 0) is 15.2 Å². The van der Waals surface area contributed by atoms with E-state index in [9.17, 15) is 14.7 Å². The molecule has 0 unspecified atom stereocenters. The molecule has 10 heteroatoms. The van der Waals surface area contributed by atoms with Crippen molar-refractivity contribution in [2.24, 2.45) is 0 Å². The first-order valence-electron chi connectivity index (χ1n) is 13.1. The lowest BCUT2D eigenvalue weighted by Crippen LogP contribution is -2.50. The van der Waals surface area contributed by atoms with Gasteiger partial charge in [-0.25, -0.2) is 9.37 Å². The molecular weight excluding hydrogens is 519 g/mol. The van der Waals surface area contributed by atoms with Crippen LogP contribution in [-0.4, -0.2) is 59.3 Å². The van der Waals surface area contributed by atoms with E-state index in [4.69, 9.17) is 4.74 Å². The van der Waals surface area contributed by atoms with Gasteiger partial charge in [-0.3, -0.25) is 9.59 Å². The number of halogens is 1. The van der Waals surface area contributed by atoms with Gasteiger partial charge in [-0.05, 0) is 50.6 Å². The Morgan fingerprint density at radius 3 is 2.59 bits per heavy atom. The average molecular weight is 553 g/mol. The first kappa shape index (κ1) is 27.2. The standard InChI is InChI=1S/C29H33FN4O4S/c1-18-13-34(14-19(2)38-18)23-9-5-6-20(11-23)24-15-39-27(32-24)33-25(35)12-31-26(36)21-7-4-8-22(10-21)29(30)16-28(3,37)17-29/h4-11,15,18-19,37H,12-14,16-17H2,1-3H3,(H,31,36)(H,32,33,35)/t18-,19+,28?,29?. The summed E-state index contributed by atoms with van der Waals surface area (Å²) in [6, 6.07) is 14.4. The van der Waals surface area contributed by atoms with Crippen LogP contribution in [0.15, 0.2) is 53.9 Å². The highest BCUT2D eigenvalue weighted by atomic mass is 32.1. The second-order valence-corrected chi connectivity index (χ2v) is 11.7. The van der Waals surface area contributed by atoms with Gasteiger partial charge in [0.1, 0.15) is 5.67 Å². The number of nitrogens with zero attached hydrogens (tertiary/aromatic N) is 2. The molecule has 206 valence electrons. The van der Waals surface area contributed by atoms with E-state index in [1.807, 2.05) is 17.5 Å². The van der Waals surface area contributed by atoms with Crippen molar-refractivity contribution in [1.82, 2.24) is 10.3 Å². The molecule has 3 aromatic rings. The Kier molecular flexibility index (Phi) is 7.45. The number of amides is 2. The fourth-order valence-electron chi connectivity index (χ4n) is 5.44. The Bertz CT molecular complexity index is 1360. The third kappa shape index (κ3) is 6.29. The second kappa shape index (κ2) is 10.7. The van der Waals surface area contributed by atoms with Crippen LogP contribution in [0.1, 0.15) is 49.5 Å². The van der Waals surface area contributed by atoms with E-state index in [0.29, 0.717) is 10.7 Å². The molecule has 2 amide bonds. The van der Waals surface area contributed by atoms with E-state index in [1.54, 1.807) is 25.1 Å². The number of aliphatic hydroxyl groups is 1. The molecule has 39 heavy (non-hydrogen) atoms. The van der Waals surface area contributed by atoms with E-state index in [-0.39, 0.29) is 37.2 Å². The highest BCUT2D eigenvalue weighted by molar-refractivity contribution is 7.14. The molecule has 2 heterocycles. The number of carbonyl (C=O) groups excluding carboxylic acids is 2. The smallest absolute Gasteiger partial charge is 0.251 e. The third-order valence-electron chi connectivity index (χ3n) is 7.05. The molecule has 3 N–H and O–H groups in total. The van der Waals surface area contributed by atoms with Gasteiger partial charge in [0.05, 0.1) is 30.0 Å².